The minimum atomic E-state index is -0.837. The molecule has 0 unspecified atom stereocenters. The Kier molecular flexibility index (Phi) is 2.76. The summed E-state index contributed by atoms with van der Waals surface area (Å²) >= 11 is 0. The molecule has 0 aliphatic heterocycles. The van der Waals surface area contributed by atoms with Crippen LogP contribution in [0.3, 0.4) is 0 Å². The predicted molar refractivity (Wildman–Crippen MR) is 38.8 cm³/mol. The second-order valence-corrected chi connectivity index (χ2v) is 2.02. The largest absolute Gasteiger partial charge is 0.376 e. The standard InChI is InChI=1S/C8H7FO3/c1-11-12-8(10)6-4-2-3-5-7(6)9/h2-5H,1H3. The number of carbonyl (C=O) groups excluding carboxylic acids is 1. The van der Waals surface area contributed by atoms with Crippen molar-refractivity contribution in [2.75, 3.05) is 7.11 Å². The van der Waals surface area contributed by atoms with Gasteiger partial charge in [0.05, 0.1) is 12.7 Å². The van der Waals surface area contributed by atoms with Crippen molar-refractivity contribution in [2.24, 2.45) is 0 Å². The molecule has 64 valence electrons. The van der Waals surface area contributed by atoms with Gasteiger partial charge in [-0.2, -0.15) is 4.89 Å². The first-order valence-corrected chi connectivity index (χ1v) is 3.25. The van der Waals surface area contributed by atoms with Crippen LogP contribution in [0.5, 0.6) is 0 Å². The summed E-state index contributed by atoms with van der Waals surface area (Å²) in [6.07, 6.45) is 0. The van der Waals surface area contributed by atoms with Gasteiger partial charge in [0.25, 0.3) is 0 Å². The van der Waals surface area contributed by atoms with Crippen LogP contribution in [0.15, 0.2) is 24.3 Å². The SMILES string of the molecule is COOC(=O)c1ccccc1F. The molecule has 0 atom stereocenters. The third-order valence-electron chi connectivity index (χ3n) is 1.25. The van der Waals surface area contributed by atoms with E-state index in [4.69, 9.17) is 0 Å². The van der Waals surface area contributed by atoms with Crippen molar-refractivity contribution in [2.45, 2.75) is 0 Å². The molecule has 0 aliphatic rings. The lowest BCUT2D eigenvalue weighted by atomic mass is 10.2. The van der Waals surface area contributed by atoms with Gasteiger partial charge >= 0.3 is 5.97 Å². The topological polar surface area (TPSA) is 35.5 Å². The van der Waals surface area contributed by atoms with Crippen molar-refractivity contribution in [1.29, 1.82) is 0 Å². The Hall–Kier alpha value is -1.42. The summed E-state index contributed by atoms with van der Waals surface area (Å²) < 4.78 is 12.8. The van der Waals surface area contributed by atoms with Crippen LogP contribution in [0.4, 0.5) is 4.39 Å². The summed E-state index contributed by atoms with van der Waals surface area (Å²) in [4.78, 5) is 19.1. The second kappa shape index (κ2) is 3.82. The molecule has 0 radical (unpaired) electrons. The molecule has 1 rings (SSSR count). The smallest absolute Gasteiger partial charge is 0.293 e. The first-order valence-electron chi connectivity index (χ1n) is 3.25. The highest BCUT2D eigenvalue weighted by molar-refractivity contribution is 5.89. The van der Waals surface area contributed by atoms with Gasteiger partial charge in [0.15, 0.2) is 0 Å². The maximum Gasteiger partial charge on any atom is 0.376 e. The number of halogens is 1. The van der Waals surface area contributed by atoms with Crippen molar-refractivity contribution >= 4 is 5.97 Å². The maximum absolute atomic E-state index is 12.8. The maximum atomic E-state index is 12.8. The normalized spacial score (nSPS) is 9.50. The average Bonchev–Trinajstić information content (AvgIpc) is 2.05. The van der Waals surface area contributed by atoms with E-state index in [0.29, 0.717) is 0 Å². The first kappa shape index (κ1) is 8.67. The van der Waals surface area contributed by atoms with Crippen LogP contribution in [0.1, 0.15) is 10.4 Å². The number of carbonyl (C=O) groups is 1. The molecule has 0 bridgehead atoms. The Morgan fingerprint density at radius 1 is 1.42 bits per heavy atom. The summed E-state index contributed by atoms with van der Waals surface area (Å²) in [5.41, 5.74) is -0.139. The van der Waals surface area contributed by atoms with Gasteiger partial charge in [0, 0.05) is 0 Å². The molecule has 1 aromatic rings. The van der Waals surface area contributed by atoms with Gasteiger partial charge in [-0.1, -0.05) is 12.1 Å². The van der Waals surface area contributed by atoms with Gasteiger partial charge < -0.3 is 0 Å². The molecular formula is C8H7FO3. The third kappa shape index (κ3) is 1.79. The van der Waals surface area contributed by atoms with E-state index in [1.807, 2.05) is 0 Å². The van der Waals surface area contributed by atoms with Crippen LogP contribution in [0, 0.1) is 5.82 Å². The molecule has 3 nitrogen and oxygen atoms in total. The zero-order chi connectivity index (χ0) is 8.97. The van der Waals surface area contributed by atoms with E-state index in [-0.39, 0.29) is 5.56 Å². The highest BCUT2D eigenvalue weighted by Crippen LogP contribution is 2.07. The van der Waals surface area contributed by atoms with Gasteiger partial charge in [0.1, 0.15) is 5.82 Å². The summed E-state index contributed by atoms with van der Waals surface area (Å²) in [7, 11) is 1.18. The van der Waals surface area contributed by atoms with Gasteiger partial charge in [-0.25, -0.2) is 9.18 Å². The summed E-state index contributed by atoms with van der Waals surface area (Å²) in [6.45, 7) is 0. The third-order valence-corrected chi connectivity index (χ3v) is 1.25. The highest BCUT2D eigenvalue weighted by atomic mass is 19.1. The molecule has 12 heavy (non-hydrogen) atoms. The lowest BCUT2D eigenvalue weighted by Crippen LogP contribution is -2.06. The molecule has 0 aliphatic carbocycles. The van der Waals surface area contributed by atoms with Crippen molar-refractivity contribution in [1.82, 2.24) is 0 Å². The highest BCUT2D eigenvalue weighted by Gasteiger charge is 2.11. The van der Waals surface area contributed by atoms with E-state index in [0.717, 1.165) is 0 Å². The van der Waals surface area contributed by atoms with E-state index in [9.17, 15) is 9.18 Å². The Morgan fingerprint density at radius 2 is 2.08 bits per heavy atom. The zero-order valence-electron chi connectivity index (χ0n) is 6.41. The van der Waals surface area contributed by atoms with E-state index in [1.54, 1.807) is 0 Å². The number of benzene rings is 1. The number of hydrogen-bond donors (Lipinski definition) is 0. The van der Waals surface area contributed by atoms with Crippen molar-refractivity contribution in [3.63, 3.8) is 0 Å². The molecular weight excluding hydrogens is 163 g/mol. The van der Waals surface area contributed by atoms with E-state index >= 15 is 0 Å². The number of hydrogen-bond acceptors (Lipinski definition) is 3. The molecule has 0 spiro atoms. The number of rotatable bonds is 2. The summed E-state index contributed by atoms with van der Waals surface area (Å²) in [5.74, 6) is -1.46. The predicted octanol–water partition coefficient (Wildman–Crippen LogP) is 1.54. The van der Waals surface area contributed by atoms with Gasteiger partial charge in [-0.3, -0.25) is 4.89 Å². The van der Waals surface area contributed by atoms with E-state index in [1.165, 1.54) is 31.4 Å². The van der Waals surface area contributed by atoms with Crippen LogP contribution in [-0.4, -0.2) is 13.1 Å². The van der Waals surface area contributed by atoms with Crippen LogP contribution >= 0.6 is 0 Å². The zero-order valence-corrected chi connectivity index (χ0v) is 6.41. The Labute approximate surface area is 68.6 Å². The van der Waals surface area contributed by atoms with E-state index < -0.39 is 11.8 Å². The van der Waals surface area contributed by atoms with Crippen molar-refractivity contribution in [3.8, 4) is 0 Å². The monoisotopic (exact) mass is 170 g/mol. The Bertz CT molecular complexity index is 285. The fraction of sp³-hybridized carbons (Fsp3) is 0.125. The van der Waals surface area contributed by atoms with Crippen LogP contribution < -0.4 is 0 Å². The van der Waals surface area contributed by atoms with Gasteiger partial charge in [0.2, 0.25) is 0 Å². The fourth-order valence-corrected chi connectivity index (χ4v) is 0.747. The average molecular weight is 170 g/mol. The van der Waals surface area contributed by atoms with E-state index in [2.05, 4.69) is 9.78 Å². The Balaban J connectivity index is 2.87. The summed E-state index contributed by atoms with van der Waals surface area (Å²) in [6, 6.07) is 5.51. The quantitative estimate of drug-likeness (QED) is 0.499. The van der Waals surface area contributed by atoms with Crippen molar-refractivity contribution in [3.05, 3.63) is 35.6 Å². The molecule has 0 saturated heterocycles. The molecule has 0 fully saturated rings. The molecule has 0 aromatic heterocycles. The molecule has 4 heteroatoms. The molecule has 1 aromatic carbocycles. The minimum absolute atomic E-state index is 0.139. The van der Waals surface area contributed by atoms with Crippen LogP contribution in [0.2, 0.25) is 0 Å². The molecule has 0 amide bonds. The molecule has 0 saturated carbocycles. The second-order valence-electron chi connectivity index (χ2n) is 2.02. The lowest BCUT2D eigenvalue weighted by molar-refractivity contribution is -0.216. The molecule has 0 heterocycles. The van der Waals surface area contributed by atoms with Gasteiger partial charge in [-0.15, -0.1) is 0 Å². The lowest BCUT2D eigenvalue weighted by Gasteiger charge is -1.99. The first-order chi connectivity index (χ1) is 5.75. The van der Waals surface area contributed by atoms with Gasteiger partial charge in [-0.05, 0) is 12.1 Å². The minimum Gasteiger partial charge on any atom is -0.293 e. The fourth-order valence-electron chi connectivity index (χ4n) is 0.747. The van der Waals surface area contributed by atoms with Crippen molar-refractivity contribution < 1.29 is 19.0 Å². The van der Waals surface area contributed by atoms with Crippen LogP contribution in [-0.2, 0) is 9.78 Å². The molecule has 0 N–H and O–H groups in total. The Morgan fingerprint density at radius 3 is 2.67 bits per heavy atom. The summed E-state index contributed by atoms with van der Waals surface area (Å²) in [5, 5.41) is 0. The van der Waals surface area contributed by atoms with Crippen LogP contribution in [0.25, 0.3) is 0 Å².